The zero-order valence-corrected chi connectivity index (χ0v) is 17.1. The predicted octanol–water partition coefficient (Wildman–Crippen LogP) is 2.31. The molecule has 1 fully saturated rings. The van der Waals surface area contributed by atoms with Crippen molar-refractivity contribution in [1.29, 1.82) is 0 Å². The quantitative estimate of drug-likeness (QED) is 0.757. The van der Waals surface area contributed by atoms with Gasteiger partial charge in [0, 0.05) is 26.6 Å². The normalized spacial score (nSPS) is 29.2. The molecule has 29 heavy (non-hydrogen) atoms. The molecule has 1 aromatic rings. The van der Waals surface area contributed by atoms with Crippen LogP contribution in [0.2, 0.25) is 0 Å². The van der Waals surface area contributed by atoms with Gasteiger partial charge in [0.15, 0.2) is 11.5 Å². The Labute approximate surface area is 170 Å². The number of carbonyl (C=O) groups excluding carboxylic acids is 2. The molecule has 3 aliphatic rings. The Bertz CT molecular complexity index is 853. The van der Waals surface area contributed by atoms with Crippen LogP contribution in [0, 0.1) is 11.7 Å². The molecule has 0 bridgehead atoms. The van der Waals surface area contributed by atoms with Crippen LogP contribution in [0.1, 0.15) is 30.9 Å². The van der Waals surface area contributed by atoms with Crippen LogP contribution in [0.15, 0.2) is 35.6 Å². The van der Waals surface area contributed by atoms with Gasteiger partial charge < -0.3 is 19.3 Å². The molecule has 1 amide bonds. The van der Waals surface area contributed by atoms with E-state index in [1.807, 2.05) is 19.0 Å². The van der Waals surface area contributed by atoms with Crippen LogP contribution >= 0.6 is 0 Å². The Morgan fingerprint density at radius 2 is 2.07 bits per heavy atom. The molecule has 0 saturated heterocycles. The third-order valence-electron chi connectivity index (χ3n) is 6.19. The number of rotatable bonds is 5. The van der Waals surface area contributed by atoms with Crippen LogP contribution in [0.25, 0.3) is 0 Å². The largest absolute Gasteiger partial charge is 0.483 e. The first kappa shape index (κ1) is 20.0. The minimum Gasteiger partial charge on any atom is -0.483 e. The van der Waals surface area contributed by atoms with Crippen LogP contribution in [0.5, 0.6) is 0 Å². The van der Waals surface area contributed by atoms with Gasteiger partial charge in [0.1, 0.15) is 11.9 Å². The van der Waals surface area contributed by atoms with E-state index in [-0.39, 0.29) is 41.4 Å². The number of halogens is 1. The summed E-state index contributed by atoms with van der Waals surface area (Å²) >= 11 is 0. The van der Waals surface area contributed by atoms with Crippen LogP contribution in [-0.4, -0.2) is 68.0 Å². The fraction of sp³-hybridized carbons (Fsp3) is 0.545. The van der Waals surface area contributed by atoms with Crippen molar-refractivity contribution in [2.75, 3.05) is 34.3 Å². The second-order valence-corrected chi connectivity index (χ2v) is 8.30. The highest BCUT2D eigenvalue weighted by Gasteiger charge is 2.52. The first-order chi connectivity index (χ1) is 13.9. The van der Waals surface area contributed by atoms with E-state index in [0.29, 0.717) is 37.1 Å². The van der Waals surface area contributed by atoms with Gasteiger partial charge in [0.05, 0.1) is 23.6 Å². The summed E-state index contributed by atoms with van der Waals surface area (Å²) in [6.45, 7) is 1.05. The molecule has 1 aliphatic carbocycles. The van der Waals surface area contributed by atoms with Crippen LogP contribution in [0.3, 0.4) is 0 Å². The molecule has 0 aromatic heterocycles. The number of Topliss-reactive ketones (excluding diaryl/α,β-unsaturated/α-hetero) is 1. The number of fused-ring (bicyclic) bond motifs is 1. The lowest BCUT2D eigenvalue weighted by atomic mass is 9.76. The number of ether oxygens (including phenoxy) is 2. The number of ketones is 1. The zero-order valence-electron chi connectivity index (χ0n) is 17.1. The number of carbonyl (C=O) groups is 2. The molecule has 6 nitrogen and oxygen atoms in total. The van der Waals surface area contributed by atoms with E-state index in [0.717, 1.165) is 6.42 Å². The number of nitrogens with zero attached hydrogens (tertiary/aromatic N) is 2. The molecular formula is C22H27FN2O4. The molecule has 1 saturated carbocycles. The molecule has 156 valence electrons. The standard InChI is InChI=1S/C22H27FN2O4/c1-24(2)9-10-25-19(13-5-4-6-14(23)11-13)18-20(26)16-8-7-15(28-3)12-17(16)29-21(18)22(25)27/h4-6,11,15-17,19H,7-10,12H2,1-3H3. The zero-order chi connectivity index (χ0) is 20.7. The van der Waals surface area contributed by atoms with E-state index in [9.17, 15) is 14.0 Å². The number of benzene rings is 1. The SMILES string of the molecule is COC1CCC2C(=O)C3=C(OC2C1)C(=O)N(CCN(C)C)C3c1cccc(F)c1. The fourth-order valence-electron chi connectivity index (χ4n) is 4.65. The van der Waals surface area contributed by atoms with Crippen LogP contribution < -0.4 is 0 Å². The van der Waals surface area contributed by atoms with Crippen molar-refractivity contribution in [3.63, 3.8) is 0 Å². The number of amides is 1. The van der Waals surface area contributed by atoms with Crippen molar-refractivity contribution < 1.29 is 23.5 Å². The molecule has 0 spiro atoms. The lowest BCUT2D eigenvalue weighted by molar-refractivity contribution is -0.138. The molecule has 1 aromatic carbocycles. The van der Waals surface area contributed by atoms with Gasteiger partial charge in [0.25, 0.3) is 5.91 Å². The summed E-state index contributed by atoms with van der Waals surface area (Å²) in [5.74, 6) is -0.860. The summed E-state index contributed by atoms with van der Waals surface area (Å²) in [6.07, 6.45) is 1.75. The molecule has 4 unspecified atom stereocenters. The highest BCUT2D eigenvalue weighted by molar-refractivity contribution is 6.11. The smallest absolute Gasteiger partial charge is 0.290 e. The Morgan fingerprint density at radius 3 is 2.76 bits per heavy atom. The topological polar surface area (TPSA) is 59.1 Å². The molecule has 2 aliphatic heterocycles. The Hall–Kier alpha value is -2.25. The van der Waals surface area contributed by atoms with Gasteiger partial charge in [-0.25, -0.2) is 4.39 Å². The summed E-state index contributed by atoms with van der Waals surface area (Å²) in [7, 11) is 5.50. The van der Waals surface area contributed by atoms with Crippen LogP contribution in [0.4, 0.5) is 4.39 Å². The summed E-state index contributed by atoms with van der Waals surface area (Å²) < 4.78 is 25.6. The molecule has 7 heteroatoms. The average Bonchev–Trinajstić information content (AvgIpc) is 2.98. The van der Waals surface area contributed by atoms with Gasteiger partial charge in [-0.2, -0.15) is 0 Å². The summed E-state index contributed by atoms with van der Waals surface area (Å²) in [4.78, 5) is 30.3. The number of hydrogen-bond acceptors (Lipinski definition) is 5. The van der Waals surface area contributed by atoms with Crippen molar-refractivity contribution >= 4 is 11.7 Å². The average molecular weight is 402 g/mol. The summed E-state index contributed by atoms with van der Waals surface area (Å²) in [5.41, 5.74) is 0.986. The third-order valence-corrected chi connectivity index (χ3v) is 6.19. The van der Waals surface area contributed by atoms with Gasteiger partial charge in [-0.05, 0) is 44.6 Å². The summed E-state index contributed by atoms with van der Waals surface area (Å²) in [5, 5.41) is 0. The van der Waals surface area contributed by atoms with Gasteiger partial charge in [-0.3, -0.25) is 9.59 Å². The maximum Gasteiger partial charge on any atom is 0.290 e. The minimum atomic E-state index is -0.609. The highest BCUT2D eigenvalue weighted by atomic mass is 19.1. The van der Waals surface area contributed by atoms with Gasteiger partial charge in [-0.1, -0.05) is 12.1 Å². The van der Waals surface area contributed by atoms with Crippen molar-refractivity contribution in [3.8, 4) is 0 Å². The third kappa shape index (κ3) is 3.57. The van der Waals surface area contributed by atoms with Gasteiger partial charge in [0.2, 0.25) is 0 Å². The fourth-order valence-corrected chi connectivity index (χ4v) is 4.65. The Morgan fingerprint density at radius 1 is 1.28 bits per heavy atom. The van der Waals surface area contributed by atoms with E-state index in [1.54, 1.807) is 24.1 Å². The maximum atomic E-state index is 14.0. The van der Waals surface area contributed by atoms with E-state index >= 15 is 0 Å². The van der Waals surface area contributed by atoms with E-state index in [2.05, 4.69) is 0 Å². The molecule has 2 heterocycles. The lowest BCUT2D eigenvalue weighted by Gasteiger charge is -2.38. The van der Waals surface area contributed by atoms with Crippen molar-refractivity contribution in [3.05, 3.63) is 47.0 Å². The molecule has 4 rings (SSSR count). The molecular weight excluding hydrogens is 375 g/mol. The lowest BCUT2D eigenvalue weighted by Crippen LogP contribution is -2.43. The highest BCUT2D eigenvalue weighted by Crippen LogP contribution is 2.46. The number of likely N-dealkylation sites (N-methyl/N-ethyl adjacent to an activating group) is 1. The second kappa shape index (κ2) is 7.88. The molecule has 4 atom stereocenters. The van der Waals surface area contributed by atoms with E-state index in [4.69, 9.17) is 9.47 Å². The van der Waals surface area contributed by atoms with Crippen molar-refractivity contribution in [1.82, 2.24) is 9.80 Å². The van der Waals surface area contributed by atoms with E-state index in [1.165, 1.54) is 12.1 Å². The predicted molar refractivity (Wildman–Crippen MR) is 104 cm³/mol. The number of methoxy groups -OCH3 is 1. The molecule has 0 N–H and O–H groups in total. The summed E-state index contributed by atoms with van der Waals surface area (Å²) in [6, 6.07) is 5.53. The van der Waals surface area contributed by atoms with Crippen molar-refractivity contribution in [2.45, 2.75) is 37.5 Å². The van der Waals surface area contributed by atoms with Gasteiger partial charge >= 0.3 is 0 Å². The number of hydrogen-bond donors (Lipinski definition) is 0. The minimum absolute atomic E-state index is 0.0339. The van der Waals surface area contributed by atoms with Crippen LogP contribution in [-0.2, 0) is 19.1 Å². The first-order valence-electron chi connectivity index (χ1n) is 10.1. The monoisotopic (exact) mass is 402 g/mol. The second-order valence-electron chi connectivity index (χ2n) is 8.30. The Kier molecular flexibility index (Phi) is 5.44. The van der Waals surface area contributed by atoms with Gasteiger partial charge in [-0.15, -0.1) is 0 Å². The van der Waals surface area contributed by atoms with E-state index < -0.39 is 6.04 Å². The van der Waals surface area contributed by atoms with Crippen molar-refractivity contribution in [2.24, 2.45) is 5.92 Å². The maximum absolute atomic E-state index is 14.0. The first-order valence-corrected chi connectivity index (χ1v) is 10.1. The molecule has 0 radical (unpaired) electrons. The Balaban J connectivity index is 1.73.